The van der Waals surface area contributed by atoms with Gasteiger partial charge in [-0.3, -0.25) is 0 Å². The smallest absolute Gasteiger partial charge is 0.0947 e. The highest BCUT2D eigenvalue weighted by atomic mass is 15.4. The van der Waals surface area contributed by atoms with E-state index in [-0.39, 0.29) is 0 Å². The largest absolute Gasteiger partial charge is 0.181 e. The van der Waals surface area contributed by atoms with Crippen molar-refractivity contribution in [1.29, 1.82) is 0 Å². The van der Waals surface area contributed by atoms with Crippen molar-refractivity contribution in [2.45, 2.75) is 27.7 Å². The molecule has 0 N–H and O–H groups in total. The molecule has 2 heteroatoms. The Morgan fingerprint density at radius 2 is 2.00 bits per heavy atom. The quantitative estimate of drug-likeness (QED) is 0.571. The molecule has 0 aromatic heterocycles. The fourth-order valence-electron chi connectivity index (χ4n) is 1.26. The molecular weight excluding hydrogens is 148 g/mol. The number of hydrazone groups is 1. The Bertz CT molecular complexity index is 202. The van der Waals surface area contributed by atoms with E-state index >= 15 is 0 Å². The first-order chi connectivity index (χ1) is 5.59. The summed E-state index contributed by atoms with van der Waals surface area (Å²) in [4.78, 5) is 0. The SMILES string of the molecule is CC(C)C[N+]1=CC(C(C)C)C=N1. The molecule has 0 aliphatic carbocycles. The molecule has 1 heterocycles. The molecule has 0 bridgehead atoms. The highest BCUT2D eigenvalue weighted by molar-refractivity contribution is 5.83. The van der Waals surface area contributed by atoms with Gasteiger partial charge < -0.3 is 0 Å². The molecule has 0 radical (unpaired) electrons. The molecule has 0 saturated carbocycles. The van der Waals surface area contributed by atoms with Gasteiger partial charge in [0.15, 0.2) is 12.8 Å². The average Bonchev–Trinajstić information content (AvgIpc) is 2.34. The Kier molecular flexibility index (Phi) is 3.01. The fraction of sp³-hybridized carbons (Fsp3) is 0.800. The molecule has 0 fully saturated rings. The van der Waals surface area contributed by atoms with Gasteiger partial charge in [-0.05, 0) is 11.0 Å². The first-order valence-corrected chi connectivity index (χ1v) is 4.75. The third-order valence-electron chi connectivity index (χ3n) is 2.05. The van der Waals surface area contributed by atoms with E-state index in [0.717, 1.165) is 6.54 Å². The summed E-state index contributed by atoms with van der Waals surface area (Å²) in [5, 5.41) is 4.33. The van der Waals surface area contributed by atoms with Gasteiger partial charge in [-0.2, -0.15) is 0 Å². The molecule has 0 spiro atoms. The minimum atomic E-state index is 0.545. The van der Waals surface area contributed by atoms with E-state index in [1.54, 1.807) is 0 Å². The van der Waals surface area contributed by atoms with Crippen LogP contribution in [0.1, 0.15) is 27.7 Å². The summed E-state index contributed by atoms with van der Waals surface area (Å²) >= 11 is 0. The van der Waals surface area contributed by atoms with Gasteiger partial charge in [0.25, 0.3) is 0 Å². The Hall–Kier alpha value is -0.660. The van der Waals surface area contributed by atoms with Crippen LogP contribution in [0.2, 0.25) is 0 Å². The third-order valence-corrected chi connectivity index (χ3v) is 2.05. The van der Waals surface area contributed by atoms with E-state index in [1.165, 1.54) is 0 Å². The van der Waals surface area contributed by atoms with Crippen molar-refractivity contribution in [3.05, 3.63) is 0 Å². The third kappa shape index (κ3) is 2.43. The van der Waals surface area contributed by atoms with E-state index in [9.17, 15) is 0 Å². The van der Waals surface area contributed by atoms with Crippen molar-refractivity contribution in [3.8, 4) is 0 Å². The molecule has 0 amide bonds. The van der Waals surface area contributed by atoms with Crippen LogP contribution >= 0.6 is 0 Å². The van der Waals surface area contributed by atoms with Crippen LogP contribution in [0.4, 0.5) is 0 Å². The molecule has 2 nitrogen and oxygen atoms in total. The van der Waals surface area contributed by atoms with Crippen LogP contribution in [0.15, 0.2) is 5.10 Å². The maximum Gasteiger partial charge on any atom is 0.181 e. The standard InChI is InChI=1S/C10H19N2/c1-8(2)6-12-7-10(5-11-12)9(3)4/h5,7-10H,6H2,1-4H3/q+1. The Balaban J connectivity index is 2.50. The first kappa shape index (κ1) is 9.43. The minimum absolute atomic E-state index is 0.545. The van der Waals surface area contributed by atoms with Gasteiger partial charge in [-0.15, -0.1) is 0 Å². The lowest BCUT2D eigenvalue weighted by atomic mass is 9.99. The normalized spacial score (nSPS) is 22.5. The van der Waals surface area contributed by atoms with E-state index in [4.69, 9.17) is 0 Å². The number of hydrogen-bond acceptors (Lipinski definition) is 1. The first-order valence-electron chi connectivity index (χ1n) is 4.75. The molecule has 1 atom stereocenters. The lowest BCUT2D eigenvalue weighted by Crippen LogP contribution is -2.14. The average molecular weight is 167 g/mol. The molecule has 0 aromatic carbocycles. The van der Waals surface area contributed by atoms with Crippen molar-refractivity contribution >= 4 is 12.4 Å². The van der Waals surface area contributed by atoms with Gasteiger partial charge in [-0.1, -0.05) is 32.4 Å². The van der Waals surface area contributed by atoms with Gasteiger partial charge in [0.1, 0.15) is 0 Å². The highest BCUT2D eigenvalue weighted by Crippen LogP contribution is 2.10. The van der Waals surface area contributed by atoms with Crippen molar-refractivity contribution in [2.75, 3.05) is 6.54 Å². The summed E-state index contributed by atoms with van der Waals surface area (Å²) in [5.74, 6) is 1.90. The molecule has 1 unspecified atom stereocenters. The molecule has 0 aromatic rings. The van der Waals surface area contributed by atoms with Crippen molar-refractivity contribution in [3.63, 3.8) is 0 Å². The summed E-state index contributed by atoms with van der Waals surface area (Å²) < 4.78 is 2.06. The lowest BCUT2D eigenvalue weighted by Gasteiger charge is -2.01. The zero-order chi connectivity index (χ0) is 9.14. The van der Waals surface area contributed by atoms with E-state index < -0.39 is 0 Å². The van der Waals surface area contributed by atoms with Crippen LogP contribution < -0.4 is 0 Å². The zero-order valence-electron chi connectivity index (χ0n) is 8.49. The topological polar surface area (TPSA) is 15.4 Å². The summed E-state index contributed by atoms with van der Waals surface area (Å²) in [6.45, 7) is 9.93. The molecule has 68 valence electrons. The van der Waals surface area contributed by atoms with Crippen LogP contribution in [0.3, 0.4) is 0 Å². The van der Waals surface area contributed by atoms with Gasteiger partial charge in [-0.25, -0.2) is 0 Å². The fourth-order valence-corrected chi connectivity index (χ4v) is 1.26. The summed E-state index contributed by atoms with van der Waals surface area (Å²) in [5.41, 5.74) is 0. The number of nitrogens with zero attached hydrogens (tertiary/aromatic N) is 2. The van der Waals surface area contributed by atoms with Crippen molar-refractivity contribution < 1.29 is 4.68 Å². The van der Waals surface area contributed by atoms with Crippen LogP contribution in [0.5, 0.6) is 0 Å². The van der Waals surface area contributed by atoms with Crippen LogP contribution in [0, 0.1) is 17.8 Å². The molecular formula is C10H19N2+. The monoisotopic (exact) mass is 167 g/mol. The predicted molar refractivity (Wildman–Crippen MR) is 52.8 cm³/mol. The van der Waals surface area contributed by atoms with Crippen LogP contribution in [0.25, 0.3) is 0 Å². The van der Waals surface area contributed by atoms with E-state index in [0.29, 0.717) is 17.8 Å². The second-order valence-electron chi connectivity index (χ2n) is 4.25. The highest BCUT2D eigenvalue weighted by Gasteiger charge is 2.21. The summed E-state index contributed by atoms with van der Waals surface area (Å²) in [7, 11) is 0. The number of rotatable bonds is 3. The Morgan fingerprint density at radius 1 is 1.33 bits per heavy atom. The van der Waals surface area contributed by atoms with Crippen molar-refractivity contribution in [1.82, 2.24) is 0 Å². The molecule has 12 heavy (non-hydrogen) atoms. The Labute approximate surface area is 75.0 Å². The molecule has 0 saturated heterocycles. The lowest BCUT2D eigenvalue weighted by molar-refractivity contribution is -0.532. The number of hydrogen-bond donors (Lipinski definition) is 0. The molecule has 1 rings (SSSR count). The zero-order valence-corrected chi connectivity index (χ0v) is 8.49. The van der Waals surface area contributed by atoms with Gasteiger partial charge in [0.2, 0.25) is 0 Å². The second kappa shape index (κ2) is 3.83. The van der Waals surface area contributed by atoms with E-state index in [1.807, 2.05) is 6.21 Å². The van der Waals surface area contributed by atoms with Crippen LogP contribution in [-0.4, -0.2) is 23.7 Å². The molecule has 1 aliphatic rings. The van der Waals surface area contributed by atoms with Gasteiger partial charge >= 0.3 is 0 Å². The van der Waals surface area contributed by atoms with Gasteiger partial charge in [0, 0.05) is 5.92 Å². The summed E-state index contributed by atoms with van der Waals surface area (Å²) in [6.07, 6.45) is 4.28. The van der Waals surface area contributed by atoms with Crippen LogP contribution in [-0.2, 0) is 0 Å². The second-order valence-corrected chi connectivity index (χ2v) is 4.25. The van der Waals surface area contributed by atoms with Crippen molar-refractivity contribution in [2.24, 2.45) is 22.9 Å². The van der Waals surface area contributed by atoms with E-state index in [2.05, 4.69) is 43.7 Å². The molecule has 1 aliphatic heterocycles. The summed E-state index contributed by atoms with van der Waals surface area (Å²) in [6, 6.07) is 0. The maximum atomic E-state index is 4.33. The Morgan fingerprint density at radius 3 is 2.42 bits per heavy atom. The maximum absolute atomic E-state index is 4.33. The predicted octanol–water partition coefficient (Wildman–Crippen LogP) is 2.00. The minimum Gasteiger partial charge on any atom is -0.0947 e. The van der Waals surface area contributed by atoms with Gasteiger partial charge in [0.05, 0.1) is 12.1 Å².